The molecule has 0 bridgehead atoms. The summed E-state index contributed by atoms with van der Waals surface area (Å²) in [4.78, 5) is 1.11. The minimum Gasteiger partial charge on any atom is -0.382 e. The molecule has 110 valence electrons. The Hall–Kier alpha value is 0.01000. The topological polar surface area (TPSA) is 64.6 Å². The molecule has 0 aliphatic rings. The Kier molecular flexibility index (Phi) is 7.48. The Morgan fingerprint density at radius 3 is 2.68 bits per heavy atom. The lowest BCUT2D eigenvalue weighted by molar-refractivity contribution is 0.0699. The van der Waals surface area contributed by atoms with E-state index in [0.717, 1.165) is 8.66 Å². The van der Waals surface area contributed by atoms with Gasteiger partial charge in [-0.1, -0.05) is 0 Å². The molecule has 8 heteroatoms. The molecule has 0 aliphatic carbocycles. The minimum absolute atomic E-state index is 0.338. The fourth-order valence-corrected chi connectivity index (χ4v) is 4.89. The second kappa shape index (κ2) is 8.33. The Labute approximate surface area is 126 Å². The van der Waals surface area contributed by atoms with Gasteiger partial charge < -0.3 is 9.47 Å². The summed E-state index contributed by atoms with van der Waals surface area (Å²) in [7, 11) is -1.81. The molecule has 0 aromatic carbocycles. The van der Waals surface area contributed by atoms with Gasteiger partial charge in [-0.15, -0.1) is 11.3 Å². The maximum Gasteiger partial charge on any atom is 0.241 e. The van der Waals surface area contributed by atoms with Gasteiger partial charge in [0.2, 0.25) is 10.0 Å². The van der Waals surface area contributed by atoms with Gasteiger partial charge in [-0.2, -0.15) is 0 Å². The second-order valence-corrected chi connectivity index (χ2v) is 8.20. The quantitative estimate of drug-likeness (QED) is 0.675. The predicted octanol–water partition coefficient (Wildman–Crippen LogP) is 2.15. The molecule has 1 aromatic heterocycles. The van der Waals surface area contributed by atoms with Crippen molar-refractivity contribution < 1.29 is 17.9 Å². The highest BCUT2D eigenvalue weighted by molar-refractivity contribution is 9.11. The van der Waals surface area contributed by atoms with E-state index in [0.29, 0.717) is 37.7 Å². The molecular weight excluding hydrogens is 354 g/mol. The van der Waals surface area contributed by atoms with Crippen LogP contribution in [-0.2, 0) is 19.5 Å². The fraction of sp³-hybridized carbons (Fsp3) is 0.636. The van der Waals surface area contributed by atoms with Crippen LogP contribution in [0.2, 0.25) is 0 Å². The third-order valence-electron chi connectivity index (χ3n) is 2.32. The molecule has 0 aliphatic heterocycles. The molecular formula is C11H18BrNO4S2. The van der Waals surface area contributed by atoms with Crippen molar-refractivity contribution in [3.8, 4) is 0 Å². The molecule has 0 atom stereocenters. The average molecular weight is 372 g/mol. The normalized spacial score (nSPS) is 11.9. The van der Waals surface area contributed by atoms with E-state index in [1.165, 1.54) is 11.3 Å². The van der Waals surface area contributed by atoms with E-state index in [4.69, 9.17) is 9.47 Å². The van der Waals surface area contributed by atoms with Crippen LogP contribution in [0.15, 0.2) is 14.7 Å². The first-order valence-corrected chi connectivity index (χ1v) is 8.89. The second-order valence-electron chi connectivity index (χ2n) is 3.83. The highest BCUT2D eigenvalue weighted by Gasteiger charge is 2.18. The first-order chi connectivity index (χ1) is 8.97. The Bertz CT molecular complexity index is 487. The molecule has 19 heavy (non-hydrogen) atoms. The third-order valence-corrected chi connectivity index (χ3v) is 5.59. The zero-order valence-corrected chi connectivity index (χ0v) is 14.2. The number of hydrogen-bond acceptors (Lipinski definition) is 5. The summed E-state index contributed by atoms with van der Waals surface area (Å²) in [6.45, 7) is 3.74. The van der Waals surface area contributed by atoms with E-state index < -0.39 is 10.0 Å². The van der Waals surface area contributed by atoms with Gasteiger partial charge >= 0.3 is 0 Å². The van der Waals surface area contributed by atoms with Crippen molar-refractivity contribution >= 4 is 37.3 Å². The molecule has 0 spiro atoms. The van der Waals surface area contributed by atoms with E-state index in [-0.39, 0.29) is 0 Å². The van der Waals surface area contributed by atoms with Crippen LogP contribution in [0, 0.1) is 6.92 Å². The SMILES string of the molecule is COCCOCCCNS(=O)(=O)c1cc(Br)sc1C. The number of sulfonamides is 1. The standard InChI is InChI=1S/C11H18BrNO4S2/c1-9-10(8-11(12)18-9)19(14,15)13-4-3-5-17-7-6-16-2/h8,13H,3-7H2,1-2H3. The van der Waals surface area contributed by atoms with Gasteiger partial charge in [-0.25, -0.2) is 13.1 Å². The molecule has 0 saturated heterocycles. The van der Waals surface area contributed by atoms with Crippen LogP contribution in [0.1, 0.15) is 11.3 Å². The number of thiophene rings is 1. The number of aryl methyl sites for hydroxylation is 1. The molecule has 1 heterocycles. The van der Waals surface area contributed by atoms with Gasteiger partial charge in [0.25, 0.3) is 0 Å². The zero-order valence-electron chi connectivity index (χ0n) is 10.9. The molecule has 0 radical (unpaired) electrons. The van der Waals surface area contributed by atoms with E-state index in [1.54, 1.807) is 20.1 Å². The fourth-order valence-electron chi connectivity index (χ4n) is 1.40. The lowest BCUT2D eigenvalue weighted by atomic mass is 10.5. The summed E-state index contributed by atoms with van der Waals surface area (Å²) in [6, 6.07) is 1.62. The monoisotopic (exact) mass is 371 g/mol. The number of hydrogen-bond donors (Lipinski definition) is 1. The predicted molar refractivity (Wildman–Crippen MR) is 79.3 cm³/mol. The average Bonchev–Trinajstić information content (AvgIpc) is 2.68. The Balaban J connectivity index is 2.34. The summed E-state index contributed by atoms with van der Waals surface area (Å²) in [6.07, 6.45) is 0.632. The molecule has 1 N–H and O–H groups in total. The van der Waals surface area contributed by atoms with Gasteiger partial charge in [-0.05, 0) is 35.3 Å². The van der Waals surface area contributed by atoms with Crippen LogP contribution in [0.5, 0.6) is 0 Å². The summed E-state index contributed by atoms with van der Waals surface area (Å²) in [5.41, 5.74) is 0. The van der Waals surface area contributed by atoms with E-state index in [1.807, 2.05) is 0 Å². The van der Waals surface area contributed by atoms with Gasteiger partial charge in [0, 0.05) is 25.1 Å². The smallest absolute Gasteiger partial charge is 0.241 e. The van der Waals surface area contributed by atoms with Crippen molar-refractivity contribution in [2.24, 2.45) is 0 Å². The van der Waals surface area contributed by atoms with Gasteiger partial charge in [0.1, 0.15) is 0 Å². The Morgan fingerprint density at radius 2 is 2.11 bits per heavy atom. The van der Waals surface area contributed by atoms with Crippen LogP contribution in [0.25, 0.3) is 0 Å². The maximum atomic E-state index is 12.0. The number of ether oxygens (including phenoxy) is 2. The summed E-state index contributed by atoms with van der Waals surface area (Å²) < 4.78 is 37.5. The molecule has 0 fully saturated rings. The molecule has 5 nitrogen and oxygen atoms in total. The van der Waals surface area contributed by atoms with Crippen molar-refractivity contribution in [1.82, 2.24) is 4.72 Å². The lowest BCUT2D eigenvalue weighted by Crippen LogP contribution is -2.25. The highest BCUT2D eigenvalue weighted by Crippen LogP contribution is 2.29. The van der Waals surface area contributed by atoms with Gasteiger partial charge in [0.15, 0.2) is 0 Å². The van der Waals surface area contributed by atoms with Crippen LogP contribution in [-0.4, -0.2) is 41.9 Å². The third kappa shape index (κ3) is 5.88. The van der Waals surface area contributed by atoms with Crippen molar-refractivity contribution in [2.75, 3.05) is 33.5 Å². The van der Waals surface area contributed by atoms with Crippen molar-refractivity contribution in [1.29, 1.82) is 0 Å². The largest absolute Gasteiger partial charge is 0.382 e. The summed E-state index contributed by atoms with van der Waals surface area (Å²) >= 11 is 4.69. The van der Waals surface area contributed by atoms with E-state index in [9.17, 15) is 8.42 Å². The van der Waals surface area contributed by atoms with E-state index >= 15 is 0 Å². The van der Waals surface area contributed by atoms with Gasteiger partial charge in [-0.3, -0.25) is 0 Å². The summed E-state index contributed by atoms with van der Waals surface area (Å²) in [5, 5.41) is 0. The van der Waals surface area contributed by atoms with Crippen LogP contribution in [0.3, 0.4) is 0 Å². The zero-order chi connectivity index (χ0) is 14.3. The molecule has 1 rings (SSSR count). The molecule has 0 saturated carbocycles. The Morgan fingerprint density at radius 1 is 1.37 bits per heavy atom. The molecule has 1 aromatic rings. The van der Waals surface area contributed by atoms with Crippen LogP contribution >= 0.6 is 27.3 Å². The number of halogens is 1. The lowest BCUT2D eigenvalue weighted by Gasteiger charge is -2.06. The van der Waals surface area contributed by atoms with Crippen LogP contribution < -0.4 is 4.72 Å². The van der Waals surface area contributed by atoms with Crippen molar-refractivity contribution in [3.05, 3.63) is 14.7 Å². The van der Waals surface area contributed by atoms with Crippen molar-refractivity contribution in [3.63, 3.8) is 0 Å². The van der Waals surface area contributed by atoms with Crippen molar-refractivity contribution in [2.45, 2.75) is 18.2 Å². The first-order valence-electron chi connectivity index (χ1n) is 5.79. The van der Waals surface area contributed by atoms with E-state index in [2.05, 4.69) is 20.7 Å². The highest BCUT2D eigenvalue weighted by atomic mass is 79.9. The number of methoxy groups -OCH3 is 1. The maximum absolute atomic E-state index is 12.0. The summed E-state index contributed by atoms with van der Waals surface area (Å²) in [5.74, 6) is 0. The number of rotatable bonds is 9. The molecule has 0 amide bonds. The molecule has 0 unspecified atom stereocenters. The first kappa shape index (κ1) is 17.1. The van der Waals surface area contributed by atoms with Crippen LogP contribution in [0.4, 0.5) is 0 Å². The van der Waals surface area contributed by atoms with Gasteiger partial charge in [0.05, 0.1) is 21.9 Å². The number of nitrogens with one attached hydrogen (secondary N) is 1. The minimum atomic E-state index is -3.42.